The number of carbonyl (C=O) groups excluding carboxylic acids is 1. The van der Waals surface area contributed by atoms with Crippen molar-refractivity contribution < 1.29 is 19.4 Å². The zero-order chi connectivity index (χ0) is 15.2. The van der Waals surface area contributed by atoms with Gasteiger partial charge in [0, 0.05) is 12.1 Å². The Morgan fingerprint density at radius 3 is 2.57 bits per heavy atom. The number of carboxylic acids is 1. The number of benzene rings is 1. The van der Waals surface area contributed by atoms with Gasteiger partial charge in [0.25, 0.3) is 0 Å². The van der Waals surface area contributed by atoms with Crippen LogP contribution >= 0.6 is 0 Å². The van der Waals surface area contributed by atoms with Gasteiger partial charge < -0.3 is 15.2 Å². The van der Waals surface area contributed by atoms with Gasteiger partial charge in [0.2, 0.25) is 5.91 Å². The Hall–Kier alpha value is -2.04. The lowest BCUT2D eigenvalue weighted by atomic mass is 9.78. The molecule has 1 saturated carbocycles. The SMILES string of the molecule is COc1ccccc1CNC(=O)[C@H]1CCCC[C@H]1C(=O)O. The van der Waals surface area contributed by atoms with Crippen LogP contribution in [0.1, 0.15) is 31.2 Å². The third-order valence-electron chi connectivity index (χ3n) is 4.07. The molecule has 2 atom stereocenters. The van der Waals surface area contributed by atoms with Crippen LogP contribution in [0.5, 0.6) is 5.75 Å². The van der Waals surface area contributed by atoms with E-state index in [-0.39, 0.29) is 5.91 Å². The predicted molar refractivity (Wildman–Crippen MR) is 77.9 cm³/mol. The van der Waals surface area contributed by atoms with E-state index >= 15 is 0 Å². The number of hydrogen-bond acceptors (Lipinski definition) is 3. The Morgan fingerprint density at radius 1 is 1.24 bits per heavy atom. The smallest absolute Gasteiger partial charge is 0.307 e. The number of methoxy groups -OCH3 is 1. The second kappa shape index (κ2) is 7.11. The van der Waals surface area contributed by atoms with E-state index in [1.54, 1.807) is 7.11 Å². The third-order valence-corrected chi connectivity index (χ3v) is 4.07. The monoisotopic (exact) mass is 291 g/mol. The van der Waals surface area contributed by atoms with E-state index in [0.29, 0.717) is 19.4 Å². The van der Waals surface area contributed by atoms with E-state index in [2.05, 4.69) is 5.32 Å². The first kappa shape index (κ1) is 15.4. The van der Waals surface area contributed by atoms with Gasteiger partial charge in [0.05, 0.1) is 18.9 Å². The molecular weight excluding hydrogens is 270 g/mol. The van der Waals surface area contributed by atoms with Crippen molar-refractivity contribution in [1.29, 1.82) is 0 Å². The molecule has 0 saturated heterocycles. The number of para-hydroxylation sites is 1. The first-order chi connectivity index (χ1) is 10.1. The largest absolute Gasteiger partial charge is 0.496 e. The molecular formula is C16H21NO4. The van der Waals surface area contributed by atoms with Gasteiger partial charge in [-0.1, -0.05) is 31.0 Å². The van der Waals surface area contributed by atoms with Crippen molar-refractivity contribution >= 4 is 11.9 Å². The number of nitrogens with one attached hydrogen (secondary N) is 1. The lowest BCUT2D eigenvalue weighted by Crippen LogP contribution is -2.39. The molecule has 1 aromatic carbocycles. The summed E-state index contributed by atoms with van der Waals surface area (Å²) in [5.41, 5.74) is 0.885. The van der Waals surface area contributed by atoms with Gasteiger partial charge in [-0.3, -0.25) is 9.59 Å². The van der Waals surface area contributed by atoms with E-state index in [4.69, 9.17) is 4.74 Å². The number of amides is 1. The average Bonchev–Trinajstić information content (AvgIpc) is 2.52. The van der Waals surface area contributed by atoms with Crippen LogP contribution in [0, 0.1) is 11.8 Å². The molecule has 1 aromatic rings. The van der Waals surface area contributed by atoms with Crippen LogP contribution in [0.2, 0.25) is 0 Å². The van der Waals surface area contributed by atoms with Crippen LogP contribution in [0.25, 0.3) is 0 Å². The summed E-state index contributed by atoms with van der Waals surface area (Å²) in [5, 5.41) is 12.1. The summed E-state index contributed by atoms with van der Waals surface area (Å²) in [6, 6.07) is 7.47. The second-order valence-electron chi connectivity index (χ2n) is 5.37. The van der Waals surface area contributed by atoms with Crippen molar-refractivity contribution in [2.75, 3.05) is 7.11 Å². The van der Waals surface area contributed by atoms with Gasteiger partial charge in [0.1, 0.15) is 5.75 Å². The summed E-state index contributed by atoms with van der Waals surface area (Å²) >= 11 is 0. The zero-order valence-corrected chi connectivity index (χ0v) is 12.2. The van der Waals surface area contributed by atoms with Gasteiger partial charge >= 0.3 is 5.97 Å². The summed E-state index contributed by atoms with van der Waals surface area (Å²) in [6.07, 6.45) is 3.03. The summed E-state index contributed by atoms with van der Waals surface area (Å²) in [6.45, 7) is 0.353. The van der Waals surface area contributed by atoms with Crippen LogP contribution in [-0.4, -0.2) is 24.1 Å². The fourth-order valence-corrected chi connectivity index (χ4v) is 2.90. The number of hydrogen-bond donors (Lipinski definition) is 2. The number of rotatable bonds is 5. The summed E-state index contributed by atoms with van der Waals surface area (Å²) in [4.78, 5) is 23.5. The van der Waals surface area contributed by atoms with E-state index in [1.165, 1.54) is 0 Å². The Bertz CT molecular complexity index is 515. The molecule has 2 rings (SSSR count). The van der Waals surface area contributed by atoms with Gasteiger partial charge in [-0.15, -0.1) is 0 Å². The molecule has 1 amide bonds. The second-order valence-corrected chi connectivity index (χ2v) is 5.37. The molecule has 0 unspecified atom stereocenters. The van der Waals surface area contributed by atoms with Crippen molar-refractivity contribution in [2.45, 2.75) is 32.2 Å². The molecule has 1 aliphatic carbocycles. The van der Waals surface area contributed by atoms with Crippen molar-refractivity contribution in [1.82, 2.24) is 5.32 Å². The molecule has 114 valence electrons. The highest BCUT2D eigenvalue weighted by Gasteiger charge is 2.35. The average molecular weight is 291 g/mol. The van der Waals surface area contributed by atoms with Crippen molar-refractivity contribution in [3.8, 4) is 5.75 Å². The molecule has 0 bridgehead atoms. The van der Waals surface area contributed by atoms with E-state index in [1.807, 2.05) is 24.3 Å². The first-order valence-corrected chi connectivity index (χ1v) is 7.26. The maximum absolute atomic E-state index is 12.3. The highest BCUT2D eigenvalue weighted by atomic mass is 16.5. The maximum atomic E-state index is 12.3. The summed E-state index contributed by atoms with van der Waals surface area (Å²) in [7, 11) is 1.59. The minimum atomic E-state index is -0.868. The van der Waals surface area contributed by atoms with E-state index in [0.717, 1.165) is 24.2 Å². The van der Waals surface area contributed by atoms with Crippen LogP contribution in [0.3, 0.4) is 0 Å². The molecule has 0 aromatic heterocycles. The van der Waals surface area contributed by atoms with Gasteiger partial charge in [-0.05, 0) is 18.9 Å². The van der Waals surface area contributed by atoms with Crippen molar-refractivity contribution in [3.63, 3.8) is 0 Å². The molecule has 0 radical (unpaired) electrons. The number of carbonyl (C=O) groups is 2. The fraction of sp³-hybridized carbons (Fsp3) is 0.500. The minimum absolute atomic E-state index is 0.173. The van der Waals surface area contributed by atoms with Crippen LogP contribution in [-0.2, 0) is 16.1 Å². The Labute approximate surface area is 124 Å². The quantitative estimate of drug-likeness (QED) is 0.872. The van der Waals surface area contributed by atoms with E-state index < -0.39 is 17.8 Å². The molecule has 2 N–H and O–H groups in total. The third kappa shape index (κ3) is 3.74. The first-order valence-electron chi connectivity index (χ1n) is 7.26. The van der Waals surface area contributed by atoms with Crippen LogP contribution < -0.4 is 10.1 Å². The standard InChI is InChI=1S/C16H21NO4/c1-21-14-9-5-2-6-11(14)10-17-15(18)12-7-3-4-8-13(12)16(19)20/h2,5-6,9,12-13H,3-4,7-8,10H2,1H3,(H,17,18)(H,19,20)/t12-,13+/m0/s1. The Kier molecular flexibility index (Phi) is 5.20. The van der Waals surface area contributed by atoms with Crippen LogP contribution in [0.4, 0.5) is 0 Å². The maximum Gasteiger partial charge on any atom is 0.307 e. The highest BCUT2D eigenvalue weighted by Crippen LogP contribution is 2.30. The molecule has 0 heterocycles. The molecule has 5 nitrogen and oxygen atoms in total. The predicted octanol–water partition coefficient (Wildman–Crippen LogP) is 2.20. The van der Waals surface area contributed by atoms with Gasteiger partial charge in [-0.2, -0.15) is 0 Å². The summed E-state index contributed by atoms with van der Waals surface area (Å²) in [5.74, 6) is -1.31. The zero-order valence-electron chi connectivity index (χ0n) is 12.2. The molecule has 0 spiro atoms. The normalized spacial score (nSPS) is 21.6. The highest BCUT2D eigenvalue weighted by molar-refractivity contribution is 5.84. The lowest BCUT2D eigenvalue weighted by Gasteiger charge is -2.27. The van der Waals surface area contributed by atoms with Gasteiger partial charge in [0.15, 0.2) is 0 Å². The molecule has 5 heteroatoms. The topological polar surface area (TPSA) is 75.6 Å². The minimum Gasteiger partial charge on any atom is -0.496 e. The number of carboxylic acid groups (broad SMARTS) is 1. The van der Waals surface area contributed by atoms with Crippen molar-refractivity contribution in [2.24, 2.45) is 11.8 Å². The molecule has 21 heavy (non-hydrogen) atoms. The summed E-state index contributed by atoms with van der Waals surface area (Å²) < 4.78 is 5.24. The Balaban J connectivity index is 1.99. The van der Waals surface area contributed by atoms with E-state index in [9.17, 15) is 14.7 Å². The number of aliphatic carboxylic acids is 1. The van der Waals surface area contributed by atoms with Crippen LogP contribution in [0.15, 0.2) is 24.3 Å². The fourth-order valence-electron chi connectivity index (χ4n) is 2.90. The molecule has 1 fully saturated rings. The molecule has 0 aliphatic heterocycles. The van der Waals surface area contributed by atoms with Crippen molar-refractivity contribution in [3.05, 3.63) is 29.8 Å². The lowest BCUT2D eigenvalue weighted by molar-refractivity contribution is -0.148. The Morgan fingerprint density at radius 2 is 1.90 bits per heavy atom. The number of ether oxygens (including phenoxy) is 1. The molecule has 1 aliphatic rings. The van der Waals surface area contributed by atoms with Gasteiger partial charge in [-0.25, -0.2) is 0 Å².